The van der Waals surface area contributed by atoms with Gasteiger partial charge in [0.05, 0.1) is 31.7 Å². The maximum Gasteiger partial charge on any atom is 0.232 e. The average Bonchev–Trinajstić information content (AvgIpc) is 2.89. The van der Waals surface area contributed by atoms with Gasteiger partial charge in [0, 0.05) is 17.1 Å². The van der Waals surface area contributed by atoms with Crippen molar-refractivity contribution in [1.82, 2.24) is 0 Å². The van der Waals surface area contributed by atoms with Gasteiger partial charge in [0.25, 0.3) is 0 Å². The SMILES string of the molecule is CCC(=O)C(C#N)c1ccc(N2C(=O)Cc3cc(OC)c(OC(C)C)cc3[C@@H]2c2ccc(Cl)cc2)cc1. The van der Waals surface area contributed by atoms with Crippen molar-refractivity contribution in [2.24, 2.45) is 0 Å². The highest BCUT2D eigenvalue weighted by atomic mass is 35.5. The number of carbonyl (C=O) groups excluding carboxylic acids is 2. The lowest BCUT2D eigenvalue weighted by Crippen LogP contribution is -2.41. The number of hydrogen-bond acceptors (Lipinski definition) is 5. The van der Waals surface area contributed by atoms with Crippen LogP contribution >= 0.6 is 11.6 Å². The summed E-state index contributed by atoms with van der Waals surface area (Å²) in [5, 5.41) is 10.1. The number of Topliss-reactive ketones (excluding diaryl/α,β-unsaturated/α-hetero) is 1. The fourth-order valence-electron chi connectivity index (χ4n) is 4.69. The molecule has 1 amide bonds. The van der Waals surface area contributed by atoms with E-state index in [-0.39, 0.29) is 30.6 Å². The number of carbonyl (C=O) groups is 2. The molecule has 4 rings (SSSR count). The third kappa shape index (κ3) is 5.33. The van der Waals surface area contributed by atoms with Gasteiger partial charge in [-0.15, -0.1) is 0 Å². The largest absolute Gasteiger partial charge is 0.493 e. The molecule has 7 heteroatoms. The summed E-state index contributed by atoms with van der Waals surface area (Å²) in [5.74, 6) is 0.142. The van der Waals surface area contributed by atoms with E-state index in [0.29, 0.717) is 27.8 Å². The highest BCUT2D eigenvalue weighted by Gasteiger charge is 2.36. The number of ketones is 1. The standard InChI is InChI=1S/C30H29ClN2O4/c1-5-26(34)25(17-32)19-8-12-23(13-9-19)33-29(35)15-21-14-27(36-4)28(37-18(2)3)16-24(21)30(33)20-6-10-22(31)11-7-20/h6-14,16,18,25,30H,5,15H2,1-4H3/t25?,30-/m0/s1. The second-order valence-corrected chi connectivity index (χ2v) is 9.67. The summed E-state index contributed by atoms with van der Waals surface area (Å²) in [6, 6.07) is 20.0. The zero-order chi connectivity index (χ0) is 26.7. The Morgan fingerprint density at radius 2 is 1.78 bits per heavy atom. The van der Waals surface area contributed by atoms with Crippen LogP contribution in [0.15, 0.2) is 60.7 Å². The lowest BCUT2D eigenvalue weighted by Gasteiger charge is -2.38. The number of fused-ring (bicyclic) bond motifs is 1. The Morgan fingerprint density at radius 1 is 1.11 bits per heavy atom. The fourth-order valence-corrected chi connectivity index (χ4v) is 4.82. The van der Waals surface area contributed by atoms with Crippen LogP contribution in [0.1, 0.15) is 61.4 Å². The van der Waals surface area contributed by atoms with Crippen LogP contribution in [0.3, 0.4) is 0 Å². The second-order valence-electron chi connectivity index (χ2n) is 9.24. The molecule has 190 valence electrons. The molecule has 3 aromatic rings. The summed E-state index contributed by atoms with van der Waals surface area (Å²) >= 11 is 6.18. The normalized spacial score (nSPS) is 15.6. The molecule has 1 aliphatic rings. The van der Waals surface area contributed by atoms with E-state index in [4.69, 9.17) is 21.1 Å². The minimum Gasteiger partial charge on any atom is -0.493 e. The van der Waals surface area contributed by atoms with E-state index in [0.717, 1.165) is 16.7 Å². The quantitative estimate of drug-likeness (QED) is 0.346. The molecule has 0 saturated carbocycles. The topological polar surface area (TPSA) is 79.6 Å². The smallest absolute Gasteiger partial charge is 0.232 e. The highest BCUT2D eigenvalue weighted by molar-refractivity contribution is 6.30. The number of rotatable bonds is 8. The second kappa shape index (κ2) is 11.1. The molecule has 0 aliphatic carbocycles. The predicted molar refractivity (Wildman–Crippen MR) is 143 cm³/mol. The maximum absolute atomic E-state index is 13.6. The van der Waals surface area contributed by atoms with Gasteiger partial charge in [0.1, 0.15) is 5.92 Å². The van der Waals surface area contributed by atoms with Crippen molar-refractivity contribution >= 4 is 29.0 Å². The first kappa shape index (κ1) is 26.2. The Labute approximate surface area is 222 Å². The zero-order valence-electron chi connectivity index (χ0n) is 21.3. The minimum absolute atomic E-state index is 0.0614. The van der Waals surface area contributed by atoms with E-state index in [9.17, 15) is 14.9 Å². The van der Waals surface area contributed by atoms with E-state index < -0.39 is 12.0 Å². The first-order valence-electron chi connectivity index (χ1n) is 12.2. The molecule has 0 saturated heterocycles. The summed E-state index contributed by atoms with van der Waals surface area (Å²) < 4.78 is 11.6. The van der Waals surface area contributed by atoms with Crippen molar-refractivity contribution in [3.05, 3.63) is 87.9 Å². The lowest BCUT2D eigenvalue weighted by atomic mass is 9.86. The van der Waals surface area contributed by atoms with E-state index in [1.807, 2.05) is 38.1 Å². The lowest BCUT2D eigenvalue weighted by molar-refractivity contribution is -0.119. The summed E-state index contributed by atoms with van der Waals surface area (Å²) in [6.45, 7) is 5.64. The third-order valence-electron chi connectivity index (χ3n) is 6.44. The van der Waals surface area contributed by atoms with Crippen molar-refractivity contribution in [3.63, 3.8) is 0 Å². The zero-order valence-corrected chi connectivity index (χ0v) is 22.1. The summed E-state index contributed by atoms with van der Waals surface area (Å²) in [6.07, 6.45) is 0.410. The number of amides is 1. The molecule has 0 N–H and O–H groups in total. The Hall–Kier alpha value is -3.82. The molecular formula is C30H29ClN2O4. The molecule has 1 heterocycles. The first-order chi connectivity index (χ1) is 17.8. The van der Waals surface area contributed by atoms with Crippen LogP contribution in [0.2, 0.25) is 5.02 Å². The predicted octanol–water partition coefficient (Wildman–Crippen LogP) is 6.40. The van der Waals surface area contributed by atoms with Crippen molar-refractivity contribution < 1.29 is 19.1 Å². The molecule has 1 unspecified atom stereocenters. The Balaban J connectivity index is 1.85. The van der Waals surface area contributed by atoms with Gasteiger partial charge in [-0.25, -0.2) is 0 Å². The van der Waals surface area contributed by atoms with E-state index in [2.05, 4.69) is 6.07 Å². The molecule has 0 spiro atoms. The van der Waals surface area contributed by atoms with Crippen LogP contribution in [0.5, 0.6) is 11.5 Å². The number of ether oxygens (including phenoxy) is 2. The third-order valence-corrected chi connectivity index (χ3v) is 6.69. The van der Waals surface area contributed by atoms with Gasteiger partial charge < -0.3 is 14.4 Å². The Kier molecular flexibility index (Phi) is 7.85. The molecule has 6 nitrogen and oxygen atoms in total. The Morgan fingerprint density at radius 3 is 2.35 bits per heavy atom. The number of anilines is 1. The van der Waals surface area contributed by atoms with Crippen LogP contribution in [-0.4, -0.2) is 24.9 Å². The van der Waals surface area contributed by atoms with Crippen molar-refractivity contribution in [2.45, 2.75) is 51.7 Å². The van der Waals surface area contributed by atoms with E-state index in [1.54, 1.807) is 55.3 Å². The number of halogens is 1. The first-order valence-corrected chi connectivity index (χ1v) is 12.6. The van der Waals surface area contributed by atoms with Crippen LogP contribution < -0.4 is 14.4 Å². The molecule has 1 aliphatic heterocycles. The van der Waals surface area contributed by atoms with Crippen LogP contribution in [0, 0.1) is 11.3 Å². The maximum atomic E-state index is 13.6. The number of nitrogens with zero attached hydrogens (tertiary/aromatic N) is 2. The van der Waals surface area contributed by atoms with Crippen molar-refractivity contribution in [2.75, 3.05) is 12.0 Å². The number of methoxy groups -OCH3 is 1. The molecule has 2 atom stereocenters. The fraction of sp³-hybridized carbons (Fsp3) is 0.300. The molecule has 0 bridgehead atoms. The summed E-state index contributed by atoms with van der Waals surface area (Å²) in [4.78, 5) is 27.6. The highest BCUT2D eigenvalue weighted by Crippen LogP contribution is 2.44. The van der Waals surface area contributed by atoms with Gasteiger partial charge in [-0.1, -0.05) is 42.8 Å². The van der Waals surface area contributed by atoms with Gasteiger partial charge in [0.2, 0.25) is 5.91 Å². The van der Waals surface area contributed by atoms with E-state index >= 15 is 0 Å². The molecule has 0 fully saturated rings. The number of nitriles is 1. The average molecular weight is 517 g/mol. The van der Waals surface area contributed by atoms with Crippen molar-refractivity contribution in [1.29, 1.82) is 5.26 Å². The van der Waals surface area contributed by atoms with Gasteiger partial charge in [-0.05, 0) is 72.5 Å². The van der Waals surface area contributed by atoms with Crippen LogP contribution in [-0.2, 0) is 16.0 Å². The molecule has 0 aromatic heterocycles. The molecule has 0 radical (unpaired) electrons. The van der Waals surface area contributed by atoms with Gasteiger partial charge in [0.15, 0.2) is 17.3 Å². The summed E-state index contributed by atoms with van der Waals surface area (Å²) in [5.41, 5.74) is 3.97. The van der Waals surface area contributed by atoms with Crippen LogP contribution in [0.4, 0.5) is 5.69 Å². The number of benzene rings is 3. The molecule has 37 heavy (non-hydrogen) atoms. The van der Waals surface area contributed by atoms with Gasteiger partial charge in [-0.2, -0.15) is 5.26 Å². The van der Waals surface area contributed by atoms with Gasteiger partial charge >= 0.3 is 0 Å². The molecule has 3 aromatic carbocycles. The Bertz CT molecular complexity index is 1340. The number of hydrogen-bond donors (Lipinski definition) is 0. The minimum atomic E-state index is -0.827. The molecular weight excluding hydrogens is 488 g/mol. The monoisotopic (exact) mass is 516 g/mol. The van der Waals surface area contributed by atoms with Gasteiger partial charge in [-0.3, -0.25) is 9.59 Å². The summed E-state index contributed by atoms with van der Waals surface area (Å²) in [7, 11) is 1.59. The van der Waals surface area contributed by atoms with Crippen LogP contribution in [0.25, 0.3) is 0 Å². The van der Waals surface area contributed by atoms with Crippen molar-refractivity contribution in [3.8, 4) is 17.6 Å². The van der Waals surface area contributed by atoms with E-state index in [1.165, 1.54) is 0 Å².